The summed E-state index contributed by atoms with van der Waals surface area (Å²) in [5.74, 6) is 0.707. The van der Waals surface area contributed by atoms with Crippen LogP contribution in [-0.4, -0.2) is 36.9 Å². The first-order valence-electron chi connectivity index (χ1n) is 10.1. The van der Waals surface area contributed by atoms with Crippen LogP contribution in [0.1, 0.15) is 46.3 Å². The molecular formula is C24H31NO6. The number of alkyl carbamates (subject to hydrolysis) is 1. The summed E-state index contributed by atoms with van der Waals surface area (Å²) in [5.41, 5.74) is 0.124. The van der Waals surface area contributed by atoms with Crippen LogP contribution in [0, 0.1) is 0 Å². The minimum absolute atomic E-state index is 0.588. The summed E-state index contributed by atoms with van der Waals surface area (Å²) in [6.45, 7) is 8.52. The molecule has 2 rings (SSSR count). The fourth-order valence-electron chi connectivity index (χ4n) is 2.79. The maximum Gasteiger partial charge on any atom is 0.408 e. The van der Waals surface area contributed by atoms with E-state index in [-0.39, 0.29) is 0 Å². The molecule has 0 heterocycles. The zero-order valence-corrected chi connectivity index (χ0v) is 18.9. The van der Waals surface area contributed by atoms with Crippen LogP contribution in [-0.2, 0) is 14.3 Å². The molecule has 0 aliphatic heterocycles. The predicted octanol–water partition coefficient (Wildman–Crippen LogP) is 4.66. The lowest BCUT2D eigenvalue weighted by atomic mass is 10.0. The topological polar surface area (TPSA) is 83.1 Å². The number of methoxy groups -OCH3 is 1. The molecule has 0 aliphatic rings. The number of carbonyl (C=O) groups excluding carboxylic acids is 2. The Kier molecular flexibility index (Phi) is 8.30. The number of nitrogens with one attached hydrogen (secondary N) is 1. The molecule has 0 radical (unpaired) electrons. The highest BCUT2D eigenvalue weighted by molar-refractivity contribution is 5.81. The molecular weight excluding hydrogens is 398 g/mol. The first kappa shape index (κ1) is 24.1. The van der Waals surface area contributed by atoms with Crippen LogP contribution < -0.4 is 14.8 Å². The average molecular weight is 430 g/mol. The van der Waals surface area contributed by atoms with Gasteiger partial charge in [0, 0.05) is 0 Å². The zero-order chi connectivity index (χ0) is 23.0. The SMILES string of the molecule is COc1cccc([C@@H](Oc2ccccc2)[C@H](C)OC(=O)[C@H](C)NC(=O)OC(C)(C)C)c1. The van der Waals surface area contributed by atoms with Gasteiger partial charge in [0.25, 0.3) is 0 Å². The Morgan fingerprint density at radius 1 is 0.935 bits per heavy atom. The lowest BCUT2D eigenvalue weighted by Crippen LogP contribution is -2.43. The van der Waals surface area contributed by atoms with E-state index in [0.29, 0.717) is 11.5 Å². The summed E-state index contributed by atoms with van der Waals surface area (Å²) >= 11 is 0. The Morgan fingerprint density at radius 2 is 1.58 bits per heavy atom. The number of rotatable bonds is 8. The first-order valence-corrected chi connectivity index (χ1v) is 10.1. The standard InChI is InChI=1S/C24H31NO6/c1-16(25-23(27)31-24(3,4)5)22(26)29-17(2)21(30-19-12-8-7-9-13-19)18-11-10-14-20(15-18)28-6/h7-17,21H,1-6H3,(H,25,27)/t16-,17-,21-/m0/s1. The van der Waals surface area contributed by atoms with Crippen molar-refractivity contribution in [1.82, 2.24) is 5.32 Å². The number of hydrogen-bond donors (Lipinski definition) is 1. The number of hydrogen-bond acceptors (Lipinski definition) is 6. The lowest BCUT2D eigenvalue weighted by Gasteiger charge is -2.27. The second kappa shape index (κ2) is 10.7. The molecule has 0 aliphatic carbocycles. The molecule has 3 atom stereocenters. The lowest BCUT2D eigenvalue weighted by molar-refractivity contribution is -0.155. The molecule has 168 valence electrons. The molecule has 2 aromatic rings. The van der Waals surface area contributed by atoms with Crippen LogP contribution >= 0.6 is 0 Å². The average Bonchev–Trinajstić information content (AvgIpc) is 2.71. The number of ether oxygens (including phenoxy) is 4. The van der Waals surface area contributed by atoms with E-state index in [1.54, 1.807) is 34.8 Å². The van der Waals surface area contributed by atoms with Crippen molar-refractivity contribution in [3.63, 3.8) is 0 Å². The number of carbonyl (C=O) groups is 2. The van der Waals surface area contributed by atoms with E-state index < -0.39 is 35.9 Å². The quantitative estimate of drug-likeness (QED) is 0.615. The molecule has 0 spiro atoms. The number of amides is 1. The Labute approximate surface area is 183 Å². The molecule has 0 unspecified atom stereocenters. The van der Waals surface area contributed by atoms with Gasteiger partial charge in [-0.05, 0) is 64.4 Å². The van der Waals surface area contributed by atoms with E-state index >= 15 is 0 Å². The molecule has 7 heteroatoms. The van der Waals surface area contributed by atoms with Crippen molar-refractivity contribution in [2.75, 3.05) is 7.11 Å². The smallest absolute Gasteiger partial charge is 0.408 e. The highest BCUT2D eigenvalue weighted by Gasteiger charge is 2.29. The second-order valence-electron chi connectivity index (χ2n) is 8.14. The van der Waals surface area contributed by atoms with Gasteiger partial charge in [-0.2, -0.15) is 0 Å². The highest BCUT2D eigenvalue weighted by atomic mass is 16.6. The van der Waals surface area contributed by atoms with Crippen molar-refractivity contribution in [1.29, 1.82) is 0 Å². The fraction of sp³-hybridized carbons (Fsp3) is 0.417. The minimum atomic E-state index is -0.889. The van der Waals surface area contributed by atoms with E-state index in [1.165, 1.54) is 6.92 Å². The van der Waals surface area contributed by atoms with Crippen molar-refractivity contribution in [2.45, 2.75) is 58.5 Å². The summed E-state index contributed by atoms with van der Waals surface area (Å²) in [4.78, 5) is 24.5. The predicted molar refractivity (Wildman–Crippen MR) is 117 cm³/mol. The molecule has 1 N–H and O–H groups in total. The van der Waals surface area contributed by atoms with Gasteiger partial charge in [0.05, 0.1) is 7.11 Å². The number of benzene rings is 2. The summed E-state index contributed by atoms with van der Waals surface area (Å²) in [5, 5.41) is 2.49. The zero-order valence-electron chi connectivity index (χ0n) is 18.9. The monoisotopic (exact) mass is 429 g/mol. The third-order valence-electron chi connectivity index (χ3n) is 4.24. The maximum absolute atomic E-state index is 12.6. The highest BCUT2D eigenvalue weighted by Crippen LogP contribution is 2.29. The molecule has 0 fully saturated rings. The fourth-order valence-corrected chi connectivity index (χ4v) is 2.79. The van der Waals surface area contributed by atoms with Crippen LogP contribution in [0.5, 0.6) is 11.5 Å². The molecule has 1 amide bonds. The van der Waals surface area contributed by atoms with E-state index in [0.717, 1.165) is 5.56 Å². The Hall–Kier alpha value is -3.22. The van der Waals surface area contributed by atoms with Gasteiger partial charge in [-0.3, -0.25) is 0 Å². The Bertz CT molecular complexity index is 862. The first-order chi connectivity index (χ1) is 14.6. The Balaban J connectivity index is 2.13. The van der Waals surface area contributed by atoms with Crippen LogP contribution in [0.2, 0.25) is 0 Å². The van der Waals surface area contributed by atoms with Gasteiger partial charge in [-0.25, -0.2) is 9.59 Å². The van der Waals surface area contributed by atoms with Gasteiger partial charge in [0.2, 0.25) is 0 Å². The normalized spacial score (nSPS) is 14.0. The van der Waals surface area contributed by atoms with Crippen LogP contribution in [0.25, 0.3) is 0 Å². The van der Waals surface area contributed by atoms with Gasteiger partial charge in [0.1, 0.15) is 29.2 Å². The van der Waals surface area contributed by atoms with E-state index in [4.69, 9.17) is 18.9 Å². The summed E-state index contributed by atoms with van der Waals surface area (Å²) in [6, 6.07) is 15.8. The molecule has 2 aromatic carbocycles. The third kappa shape index (κ3) is 7.85. The van der Waals surface area contributed by atoms with Gasteiger partial charge in [-0.1, -0.05) is 30.3 Å². The van der Waals surface area contributed by atoms with Gasteiger partial charge in [-0.15, -0.1) is 0 Å². The number of esters is 1. The molecule has 0 aromatic heterocycles. The van der Waals surface area contributed by atoms with Crippen molar-refractivity contribution < 1.29 is 28.5 Å². The van der Waals surface area contributed by atoms with Gasteiger partial charge < -0.3 is 24.3 Å². The maximum atomic E-state index is 12.6. The second-order valence-corrected chi connectivity index (χ2v) is 8.14. The van der Waals surface area contributed by atoms with Crippen LogP contribution in [0.4, 0.5) is 4.79 Å². The molecule has 7 nitrogen and oxygen atoms in total. The third-order valence-corrected chi connectivity index (χ3v) is 4.24. The van der Waals surface area contributed by atoms with Crippen LogP contribution in [0.15, 0.2) is 54.6 Å². The van der Waals surface area contributed by atoms with E-state index in [2.05, 4.69) is 5.32 Å². The summed E-state index contributed by atoms with van der Waals surface area (Å²) < 4.78 is 22.3. The Morgan fingerprint density at radius 3 is 2.19 bits per heavy atom. The molecule has 0 saturated heterocycles. The van der Waals surface area contributed by atoms with E-state index in [9.17, 15) is 9.59 Å². The van der Waals surface area contributed by atoms with Gasteiger partial charge in [0.15, 0.2) is 6.10 Å². The molecule has 0 saturated carbocycles. The summed E-state index contributed by atoms with van der Waals surface area (Å²) in [7, 11) is 1.58. The minimum Gasteiger partial charge on any atom is -0.497 e. The summed E-state index contributed by atoms with van der Waals surface area (Å²) in [6.07, 6.45) is -1.92. The van der Waals surface area contributed by atoms with Crippen molar-refractivity contribution >= 4 is 12.1 Å². The largest absolute Gasteiger partial charge is 0.497 e. The molecule has 31 heavy (non-hydrogen) atoms. The van der Waals surface area contributed by atoms with Gasteiger partial charge >= 0.3 is 12.1 Å². The van der Waals surface area contributed by atoms with Crippen molar-refractivity contribution in [3.8, 4) is 11.5 Å². The van der Waals surface area contributed by atoms with Crippen LogP contribution in [0.3, 0.4) is 0 Å². The van der Waals surface area contributed by atoms with Crippen molar-refractivity contribution in [2.24, 2.45) is 0 Å². The molecule has 0 bridgehead atoms. The van der Waals surface area contributed by atoms with E-state index in [1.807, 2.05) is 54.6 Å². The van der Waals surface area contributed by atoms with Crippen molar-refractivity contribution in [3.05, 3.63) is 60.2 Å². The number of para-hydroxylation sites is 1.